The van der Waals surface area contributed by atoms with Crippen molar-refractivity contribution in [2.45, 2.75) is 49.9 Å². The zero-order valence-electron chi connectivity index (χ0n) is 21.6. The summed E-state index contributed by atoms with van der Waals surface area (Å²) in [6.07, 6.45) is 1.48. The van der Waals surface area contributed by atoms with Crippen molar-refractivity contribution in [3.63, 3.8) is 0 Å². The van der Waals surface area contributed by atoms with Gasteiger partial charge in [0.15, 0.2) is 5.96 Å². The number of carbonyl (C=O) groups excluding carboxylic acids is 4. The molecule has 0 bridgehead atoms. The third-order valence-corrected chi connectivity index (χ3v) is 5.87. The monoisotopic (exact) mass is 561 g/mol. The van der Waals surface area contributed by atoms with Gasteiger partial charge in [0.05, 0.1) is 19.1 Å². The molecule has 0 spiro atoms. The number of aromatic nitrogens is 1. The highest BCUT2D eigenvalue weighted by molar-refractivity contribution is 5.96. The van der Waals surface area contributed by atoms with Gasteiger partial charge in [0, 0.05) is 23.6 Å². The third kappa shape index (κ3) is 9.55. The number of carbonyl (C=O) groups is 5. The molecule has 14 N–H and O–H groups in total. The summed E-state index contributed by atoms with van der Waals surface area (Å²) in [4.78, 5) is 68.4. The number of H-pyrrole nitrogens is 1. The van der Waals surface area contributed by atoms with Crippen LogP contribution in [0.4, 0.5) is 0 Å². The van der Waals surface area contributed by atoms with Gasteiger partial charge < -0.3 is 54.1 Å². The third-order valence-electron chi connectivity index (χ3n) is 5.87. The molecule has 4 atom stereocenters. The van der Waals surface area contributed by atoms with Crippen LogP contribution < -0.4 is 38.9 Å². The predicted octanol–water partition coefficient (Wildman–Crippen LogP) is -3.50. The van der Waals surface area contributed by atoms with E-state index in [1.165, 1.54) is 0 Å². The van der Waals surface area contributed by atoms with Crippen LogP contribution >= 0.6 is 0 Å². The Labute approximate surface area is 228 Å². The minimum Gasteiger partial charge on any atom is -0.480 e. The molecular weight excluding hydrogens is 526 g/mol. The number of nitrogens with two attached hydrogens (primary N) is 4. The first-order chi connectivity index (χ1) is 18.9. The van der Waals surface area contributed by atoms with E-state index in [2.05, 4.69) is 20.6 Å². The number of carboxylic acids is 1. The van der Waals surface area contributed by atoms with Gasteiger partial charge in [-0.1, -0.05) is 18.2 Å². The van der Waals surface area contributed by atoms with Crippen LogP contribution in [-0.2, 0) is 30.4 Å². The number of aliphatic hydroxyl groups is 1. The molecule has 2 rings (SSSR count). The molecule has 0 saturated carbocycles. The quantitative estimate of drug-likeness (QED) is 0.0547. The lowest BCUT2D eigenvalue weighted by molar-refractivity contribution is -0.143. The number of aliphatic hydroxyl groups excluding tert-OH is 1. The highest BCUT2D eigenvalue weighted by atomic mass is 16.4. The maximum Gasteiger partial charge on any atom is 0.328 e. The maximum absolute atomic E-state index is 13.2. The molecule has 4 unspecified atom stereocenters. The lowest BCUT2D eigenvalue weighted by Crippen LogP contribution is -2.58. The summed E-state index contributed by atoms with van der Waals surface area (Å²) < 4.78 is 0. The molecule has 40 heavy (non-hydrogen) atoms. The van der Waals surface area contributed by atoms with Crippen LogP contribution in [-0.4, -0.2) is 88.1 Å². The molecule has 218 valence electrons. The second-order valence-corrected chi connectivity index (χ2v) is 8.99. The molecule has 16 nitrogen and oxygen atoms in total. The number of hydrogen-bond acceptors (Lipinski definition) is 8. The summed E-state index contributed by atoms with van der Waals surface area (Å²) in [6.45, 7) is -0.804. The van der Waals surface area contributed by atoms with Gasteiger partial charge in [0.2, 0.25) is 23.6 Å². The number of primary amides is 1. The Bertz CT molecular complexity index is 1240. The summed E-state index contributed by atoms with van der Waals surface area (Å²) in [5.41, 5.74) is 23.6. The molecule has 0 aliphatic carbocycles. The van der Waals surface area contributed by atoms with Crippen LogP contribution in [0.3, 0.4) is 0 Å². The van der Waals surface area contributed by atoms with Gasteiger partial charge in [-0.05, 0) is 30.9 Å². The maximum atomic E-state index is 13.2. The number of nitrogens with one attached hydrogen (secondary N) is 4. The summed E-state index contributed by atoms with van der Waals surface area (Å²) in [5.74, 6) is -5.26. The number of hydrogen-bond donors (Lipinski definition) is 10. The fraction of sp³-hybridized carbons (Fsp3) is 0.417. The van der Waals surface area contributed by atoms with Crippen molar-refractivity contribution in [1.29, 1.82) is 0 Å². The number of aromatic amines is 1. The molecule has 4 amide bonds. The van der Waals surface area contributed by atoms with Crippen molar-refractivity contribution < 1.29 is 34.2 Å². The van der Waals surface area contributed by atoms with Gasteiger partial charge in [0.1, 0.15) is 18.1 Å². The van der Waals surface area contributed by atoms with E-state index in [-0.39, 0.29) is 31.8 Å². The molecule has 16 heteroatoms. The molecular formula is C24H35N9O7. The van der Waals surface area contributed by atoms with Crippen LogP contribution in [0.5, 0.6) is 0 Å². The van der Waals surface area contributed by atoms with E-state index in [1.807, 2.05) is 29.6 Å². The largest absolute Gasteiger partial charge is 0.480 e. The number of rotatable bonds is 16. The van der Waals surface area contributed by atoms with Gasteiger partial charge in [-0.2, -0.15) is 0 Å². The standard InChI is InChI=1S/C24H35N9O7/c25-14(8-12-10-30-15-5-2-1-4-13(12)15)20(36)31-16(6-3-7-29-24(27)28)21(37)32-17(9-19(26)35)22(38)33-18(11-34)23(39)40/h1-2,4-5,10,14,16-18,30,34H,3,6-9,11,25H2,(H2,26,35)(H,31,36)(H,32,37)(H,33,38)(H,39,40)(H4,27,28,29). The van der Waals surface area contributed by atoms with Crippen molar-refractivity contribution in [2.75, 3.05) is 13.2 Å². The second-order valence-electron chi connectivity index (χ2n) is 8.99. The smallest absolute Gasteiger partial charge is 0.328 e. The molecule has 0 aliphatic heterocycles. The Morgan fingerprint density at radius 3 is 2.17 bits per heavy atom. The number of guanidine groups is 1. The van der Waals surface area contributed by atoms with Crippen LogP contribution in [0, 0.1) is 0 Å². The zero-order chi connectivity index (χ0) is 29.8. The Morgan fingerprint density at radius 1 is 0.925 bits per heavy atom. The number of carboxylic acid groups (broad SMARTS) is 1. The lowest BCUT2D eigenvalue weighted by Gasteiger charge is -2.24. The van der Waals surface area contributed by atoms with E-state index in [0.717, 1.165) is 16.5 Å². The van der Waals surface area contributed by atoms with E-state index >= 15 is 0 Å². The van der Waals surface area contributed by atoms with Gasteiger partial charge in [-0.25, -0.2) is 4.79 Å². The molecule has 0 saturated heterocycles. The Kier molecular flexibility index (Phi) is 11.8. The van der Waals surface area contributed by atoms with Crippen molar-refractivity contribution in [3.8, 4) is 0 Å². The summed E-state index contributed by atoms with van der Waals surface area (Å²) in [6, 6.07) is 1.91. The molecule has 1 aromatic carbocycles. The Balaban J connectivity index is 2.17. The van der Waals surface area contributed by atoms with E-state index in [1.54, 1.807) is 6.20 Å². The number of amides is 4. The van der Waals surface area contributed by atoms with Gasteiger partial charge in [-0.15, -0.1) is 0 Å². The van der Waals surface area contributed by atoms with Crippen molar-refractivity contribution >= 4 is 46.5 Å². The van der Waals surface area contributed by atoms with E-state index < -0.39 is 66.8 Å². The van der Waals surface area contributed by atoms with Crippen LogP contribution in [0.2, 0.25) is 0 Å². The lowest BCUT2D eigenvalue weighted by atomic mass is 10.0. The number of aliphatic carboxylic acids is 1. The highest BCUT2D eigenvalue weighted by Crippen LogP contribution is 2.18. The Hall–Kier alpha value is -4.70. The predicted molar refractivity (Wildman–Crippen MR) is 144 cm³/mol. The van der Waals surface area contributed by atoms with E-state index in [9.17, 15) is 29.1 Å². The topological polar surface area (TPSA) is 294 Å². The van der Waals surface area contributed by atoms with E-state index in [4.69, 9.17) is 28.0 Å². The summed E-state index contributed by atoms with van der Waals surface area (Å²) in [5, 5.41) is 26.0. The fourth-order valence-corrected chi connectivity index (χ4v) is 3.82. The number of nitrogens with zero attached hydrogens (tertiary/aromatic N) is 1. The molecule has 2 aromatic rings. The normalized spacial score (nSPS) is 13.8. The van der Waals surface area contributed by atoms with Gasteiger partial charge >= 0.3 is 5.97 Å². The first kappa shape index (κ1) is 31.5. The van der Waals surface area contributed by atoms with Crippen molar-refractivity contribution in [2.24, 2.45) is 27.9 Å². The minimum absolute atomic E-state index is 0.0213. The van der Waals surface area contributed by atoms with Gasteiger partial charge in [-0.3, -0.25) is 24.2 Å². The minimum atomic E-state index is -1.68. The molecule has 1 aromatic heterocycles. The average molecular weight is 562 g/mol. The number of fused-ring (bicyclic) bond motifs is 1. The molecule has 0 aliphatic rings. The molecule has 0 fully saturated rings. The van der Waals surface area contributed by atoms with Crippen LogP contribution in [0.15, 0.2) is 35.5 Å². The highest BCUT2D eigenvalue weighted by Gasteiger charge is 2.31. The second kappa shape index (κ2) is 15.0. The first-order valence-corrected chi connectivity index (χ1v) is 12.3. The summed E-state index contributed by atoms with van der Waals surface area (Å²) in [7, 11) is 0. The molecule has 1 heterocycles. The van der Waals surface area contributed by atoms with Gasteiger partial charge in [0.25, 0.3) is 0 Å². The Morgan fingerprint density at radius 2 is 1.55 bits per heavy atom. The number of aliphatic imine (C=N–C) groups is 1. The van der Waals surface area contributed by atoms with E-state index in [0.29, 0.717) is 0 Å². The van der Waals surface area contributed by atoms with Crippen molar-refractivity contribution in [3.05, 3.63) is 36.0 Å². The van der Waals surface area contributed by atoms with Crippen LogP contribution in [0.1, 0.15) is 24.8 Å². The number of para-hydroxylation sites is 1. The first-order valence-electron chi connectivity index (χ1n) is 12.3. The zero-order valence-corrected chi connectivity index (χ0v) is 21.6. The fourth-order valence-electron chi connectivity index (χ4n) is 3.82. The SMILES string of the molecule is NC(=O)CC(NC(=O)C(CCCN=C(N)N)NC(=O)C(N)Cc1c[nH]c2ccccc12)C(=O)NC(CO)C(=O)O. The number of benzene rings is 1. The molecule has 0 radical (unpaired) electrons. The summed E-state index contributed by atoms with van der Waals surface area (Å²) >= 11 is 0. The van der Waals surface area contributed by atoms with Crippen LogP contribution in [0.25, 0.3) is 10.9 Å². The average Bonchev–Trinajstić information content (AvgIpc) is 3.30. The van der Waals surface area contributed by atoms with Crippen molar-refractivity contribution in [1.82, 2.24) is 20.9 Å².